The average Bonchev–Trinajstić information content (AvgIpc) is 2.39. The van der Waals surface area contributed by atoms with Crippen molar-refractivity contribution in [3.05, 3.63) is 47.7 Å². The molecular weight excluding hydrogens is 282 g/mol. The predicted molar refractivity (Wildman–Crippen MR) is 96.9 cm³/mol. The molecule has 124 valence electrons. The Kier molecular flexibility index (Phi) is 4.57. The molecule has 2 nitrogen and oxygen atoms in total. The SMILES string of the molecule is Cc1cc(-c2ccccc2OC(C)(C)C)[n+](C(C)(C)C)cc1C. The summed E-state index contributed by atoms with van der Waals surface area (Å²) in [4.78, 5) is 0. The maximum absolute atomic E-state index is 6.21. The second kappa shape index (κ2) is 5.99. The first-order valence-electron chi connectivity index (χ1n) is 8.31. The van der Waals surface area contributed by atoms with Crippen LogP contribution >= 0.6 is 0 Å². The van der Waals surface area contributed by atoms with E-state index in [1.807, 2.05) is 6.07 Å². The van der Waals surface area contributed by atoms with Gasteiger partial charge in [-0.2, -0.15) is 4.57 Å². The zero-order valence-electron chi connectivity index (χ0n) is 15.8. The third-order valence-electron chi connectivity index (χ3n) is 3.86. The van der Waals surface area contributed by atoms with Gasteiger partial charge in [-0.25, -0.2) is 0 Å². The molecule has 0 atom stereocenters. The van der Waals surface area contributed by atoms with Crippen molar-refractivity contribution in [3.63, 3.8) is 0 Å². The van der Waals surface area contributed by atoms with E-state index in [1.165, 1.54) is 16.8 Å². The molecular formula is C21H30NO+. The Labute approximate surface area is 141 Å². The van der Waals surface area contributed by atoms with Gasteiger partial charge in [0.1, 0.15) is 11.4 Å². The fourth-order valence-corrected chi connectivity index (χ4v) is 2.61. The summed E-state index contributed by atoms with van der Waals surface area (Å²) in [5, 5.41) is 0. The first-order valence-corrected chi connectivity index (χ1v) is 8.31. The lowest BCUT2D eigenvalue weighted by molar-refractivity contribution is -0.744. The number of ether oxygens (including phenoxy) is 1. The van der Waals surface area contributed by atoms with Gasteiger partial charge in [-0.3, -0.25) is 0 Å². The molecule has 0 unspecified atom stereocenters. The molecule has 1 aromatic carbocycles. The molecule has 0 saturated heterocycles. The van der Waals surface area contributed by atoms with E-state index in [4.69, 9.17) is 4.74 Å². The fraction of sp³-hybridized carbons (Fsp3) is 0.476. The van der Waals surface area contributed by atoms with Gasteiger partial charge in [0.25, 0.3) is 0 Å². The average molecular weight is 312 g/mol. The number of para-hydroxylation sites is 1. The van der Waals surface area contributed by atoms with Crippen molar-refractivity contribution in [2.45, 2.75) is 66.5 Å². The third kappa shape index (κ3) is 4.13. The van der Waals surface area contributed by atoms with Crippen LogP contribution in [-0.2, 0) is 5.54 Å². The Morgan fingerprint density at radius 3 is 2.04 bits per heavy atom. The second-order valence-corrected chi connectivity index (χ2v) is 8.28. The standard InChI is InChI=1S/C21H30NO/c1-15-13-18(22(14-16(15)2)20(3,4)5)17-11-9-10-12-19(17)23-21(6,7)8/h9-14H,1-8H3/q+1. The van der Waals surface area contributed by atoms with Crippen LogP contribution in [-0.4, -0.2) is 5.60 Å². The smallest absolute Gasteiger partial charge is 0.216 e. The molecule has 1 heterocycles. The molecule has 1 aromatic heterocycles. The molecule has 0 saturated carbocycles. The van der Waals surface area contributed by atoms with Crippen molar-refractivity contribution in [1.82, 2.24) is 0 Å². The number of rotatable bonds is 2. The fourth-order valence-electron chi connectivity index (χ4n) is 2.61. The minimum atomic E-state index is -0.220. The summed E-state index contributed by atoms with van der Waals surface area (Å²) >= 11 is 0. The van der Waals surface area contributed by atoms with Gasteiger partial charge >= 0.3 is 0 Å². The molecule has 23 heavy (non-hydrogen) atoms. The number of hydrogen-bond donors (Lipinski definition) is 0. The van der Waals surface area contributed by atoms with Crippen molar-refractivity contribution in [2.24, 2.45) is 0 Å². The Morgan fingerprint density at radius 2 is 1.48 bits per heavy atom. The first kappa shape index (κ1) is 17.5. The van der Waals surface area contributed by atoms with Gasteiger partial charge in [-0.1, -0.05) is 12.1 Å². The van der Waals surface area contributed by atoms with Gasteiger partial charge in [-0.15, -0.1) is 0 Å². The van der Waals surface area contributed by atoms with Crippen LogP contribution in [0.3, 0.4) is 0 Å². The van der Waals surface area contributed by atoms with Crippen molar-refractivity contribution >= 4 is 0 Å². The Morgan fingerprint density at radius 1 is 0.870 bits per heavy atom. The van der Waals surface area contributed by atoms with E-state index < -0.39 is 0 Å². The number of hydrogen-bond acceptors (Lipinski definition) is 1. The van der Waals surface area contributed by atoms with E-state index >= 15 is 0 Å². The van der Waals surface area contributed by atoms with Crippen molar-refractivity contribution in [3.8, 4) is 17.0 Å². The van der Waals surface area contributed by atoms with Crippen LogP contribution in [0, 0.1) is 13.8 Å². The molecule has 0 N–H and O–H groups in total. The largest absolute Gasteiger partial charge is 0.487 e. The lowest BCUT2D eigenvalue weighted by atomic mass is 10.00. The van der Waals surface area contributed by atoms with Gasteiger partial charge in [0.2, 0.25) is 5.69 Å². The van der Waals surface area contributed by atoms with Gasteiger partial charge in [0, 0.05) is 32.4 Å². The quantitative estimate of drug-likeness (QED) is 0.695. The van der Waals surface area contributed by atoms with Crippen LogP contribution in [0.2, 0.25) is 0 Å². The van der Waals surface area contributed by atoms with Crippen molar-refractivity contribution in [2.75, 3.05) is 0 Å². The van der Waals surface area contributed by atoms with Crippen LogP contribution in [0.4, 0.5) is 0 Å². The topological polar surface area (TPSA) is 13.1 Å². The first-order chi connectivity index (χ1) is 10.5. The number of aryl methyl sites for hydroxylation is 2. The molecule has 2 heteroatoms. The molecule has 2 rings (SSSR count). The highest BCUT2D eigenvalue weighted by atomic mass is 16.5. The number of nitrogens with zero attached hydrogens (tertiary/aromatic N) is 1. The van der Waals surface area contributed by atoms with Crippen LogP contribution < -0.4 is 9.30 Å². The Balaban J connectivity index is 2.70. The molecule has 0 aliphatic rings. The van der Waals surface area contributed by atoms with Gasteiger partial charge < -0.3 is 4.74 Å². The zero-order valence-corrected chi connectivity index (χ0v) is 15.8. The zero-order chi connectivity index (χ0) is 17.4. The number of pyridine rings is 1. The summed E-state index contributed by atoms with van der Waals surface area (Å²) in [7, 11) is 0. The molecule has 0 aliphatic carbocycles. The van der Waals surface area contributed by atoms with Gasteiger partial charge in [-0.05, 0) is 52.3 Å². The van der Waals surface area contributed by atoms with Crippen molar-refractivity contribution < 1.29 is 9.30 Å². The highest BCUT2D eigenvalue weighted by Gasteiger charge is 2.29. The summed E-state index contributed by atoms with van der Waals surface area (Å²) in [5.41, 5.74) is 4.72. The van der Waals surface area contributed by atoms with E-state index in [0.29, 0.717) is 0 Å². The molecule has 0 bridgehead atoms. The normalized spacial score (nSPS) is 12.3. The molecule has 2 aromatic rings. The maximum Gasteiger partial charge on any atom is 0.216 e. The van der Waals surface area contributed by atoms with Crippen LogP contribution in [0.5, 0.6) is 5.75 Å². The summed E-state index contributed by atoms with van der Waals surface area (Å²) in [5.74, 6) is 0.932. The van der Waals surface area contributed by atoms with E-state index in [9.17, 15) is 0 Å². The lowest BCUT2D eigenvalue weighted by Gasteiger charge is -2.24. The summed E-state index contributed by atoms with van der Waals surface area (Å²) in [6, 6.07) is 10.6. The van der Waals surface area contributed by atoms with E-state index in [1.54, 1.807) is 0 Å². The van der Waals surface area contributed by atoms with Crippen LogP contribution in [0.15, 0.2) is 36.5 Å². The van der Waals surface area contributed by atoms with Crippen LogP contribution in [0.1, 0.15) is 52.7 Å². The lowest BCUT2D eigenvalue weighted by Crippen LogP contribution is -2.52. The highest BCUT2D eigenvalue weighted by molar-refractivity contribution is 5.65. The molecule has 0 amide bonds. The molecule has 0 aliphatic heterocycles. The summed E-state index contributed by atoms with van der Waals surface area (Å²) in [6.07, 6.45) is 2.25. The third-order valence-corrected chi connectivity index (χ3v) is 3.86. The van der Waals surface area contributed by atoms with Crippen molar-refractivity contribution in [1.29, 1.82) is 0 Å². The predicted octanol–water partition coefficient (Wildman–Crippen LogP) is 5.19. The monoisotopic (exact) mass is 312 g/mol. The Bertz CT molecular complexity index is 703. The summed E-state index contributed by atoms with van der Waals surface area (Å²) < 4.78 is 8.56. The highest BCUT2D eigenvalue weighted by Crippen LogP contribution is 2.32. The van der Waals surface area contributed by atoms with E-state index in [2.05, 4.69) is 90.4 Å². The van der Waals surface area contributed by atoms with Gasteiger partial charge in [0.15, 0.2) is 11.7 Å². The molecule has 0 spiro atoms. The maximum atomic E-state index is 6.21. The Hall–Kier alpha value is -1.83. The minimum Gasteiger partial charge on any atom is -0.487 e. The van der Waals surface area contributed by atoms with E-state index in [-0.39, 0.29) is 11.1 Å². The van der Waals surface area contributed by atoms with Crippen LogP contribution in [0.25, 0.3) is 11.3 Å². The number of aromatic nitrogens is 1. The number of benzene rings is 1. The molecule has 0 fully saturated rings. The van der Waals surface area contributed by atoms with E-state index in [0.717, 1.165) is 11.3 Å². The van der Waals surface area contributed by atoms with Gasteiger partial charge in [0.05, 0.1) is 5.56 Å². The second-order valence-electron chi connectivity index (χ2n) is 8.28. The minimum absolute atomic E-state index is 0.00262. The molecule has 0 radical (unpaired) electrons. The summed E-state index contributed by atoms with van der Waals surface area (Å²) in [6.45, 7) is 17.3.